The van der Waals surface area contributed by atoms with Crippen molar-refractivity contribution in [1.29, 1.82) is 0 Å². The molecular weight excluding hydrogens is 280 g/mol. The van der Waals surface area contributed by atoms with Gasteiger partial charge in [0.05, 0.1) is 7.11 Å². The smallest absolute Gasteiger partial charge is 0.304 e. The molecule has 0 radical (unpaired) electrons. The standard InChI is InChI=1S/C13H18N2O4S/c1-19-12-7-5-11(6-8-12)13(16)14-20(17,18)15-9-3-2-4-10-15/h5-8H,2-4,9-10H2,1H3,(H,14,16). The lowest BCUT2D eigenvalue weighted by atomic mass is 10.2. The summed E-state index contributed by atoms with van der Waals surface area (Å²) in [4.78, 5) is 11.9. The Hall–Kier alpha value is -1.60. The fraction of sp³-hybridized carbons (Fsp3) is 0.462. The van der Waals surface area contributed by atoms with E-state index < -0.39 is 16.1 Å². The number of ether oxygens (including phenoxy) is 1. The molecule has 0 spiro atoms. The number of hydrogen-bond acceptors (Lipinski definition) is 4. The molecule has 0 aliphatic carbocycles. The molecule has 0 unspecified atom stereocenters. The molecule has 1 aliphatic rings. The van der Waals surface area contributed by atoms with E-state index in [1.54, 1.807) is 12.1 Å². The first-order chi connectivity index (χ1) is 9.53. The summed E-state index contributed by atoms with van der Waals surface area (Å²) in [5.74, 6) is -0.0151. The molecule has 110 valence electrons. The van der Waals surface area contributed by atoms with Crippen LogP contribution >= 0.6 is 0 Å². The van der Waals surface area contributed by atoms with E-state index in [0.717, 1.165) is 19.3 Å². The molecule has 7 heteroatoms. The van der Waals surface area contributed by atoms with Crippen LogP contribution in [0.4, 0.5) is 0 Å². The lowest BCUT2D eigenvalue weighted by molar-refractivity contribution is 0.0978. The molecule has 1 heterocycles. The fourth-order valence-corrected chi connectivity index (χ4v) is 3.31. The van der Waals surface area contributed by atoms with Gasteiger partial charge in [-0.15, -0.1) is 0 Å². The Kier molecular flexibility index (Phi) is 4.61. The van der Waals surface area contributed by atoms with Crippen molar-refractivity contribution in [3.63, 3.8) is 0 Å². The number of hydrogen-bond donors (Lipinski definition) is 1. The second kappa shape index (κ2) is 6.23. The molecule has 1 N–H and O–H groups in total. The summed E-state index contributed by atoms with van der Waals surface area (Å²) < 4.78 is 32.5. The molecule has 1 fully saturated rings. The van der Waals surface area contributed by atoms with Gasteiger partial charge in [0.2, 0.25) is 0 Å². The van der Waals surface area contributed by atoms with Gasteiger partial charge < -0.3 is 4.74 Å². The second-order valence-corrected chi connectivity index (χ2v) is 6.30. The van der Waals surface area contributed by atoms with Crippen LogP contribution in [0.5, 0.6) is 5.75 Å². The van der Waals surface area contributed by atoms with Crippen molar-refractivity contribution in [1.82, 2.24) is 9.03 Å². The molecule has 6 nitrogen and oxygen atoms in total. The van der Waals surface area contributed by atoms with E-state index in [1.165, 1.54) is 23.5 Å². The van der Waals surface area contributed by atoms with Crippen LogP contribution in [0, 0.1) is 0 Å². The zero-order valence-electron chi connectivity index (χ0n) is 11.3. The molecule has 1 amide bonds. The minimum atomic E-state index is -3.74. The van der Waals surface area contributed by atoms with Crippen molar-refractivity contribution in [3.8, 4) is 5.75 Å². The first-order valence-electron chi connectivity index (χ1n) is 6.49. The lowest BCUT2D eigenvalue weighted by Crippen LogP contribution is -2.45. The molecule has 1 saturated heterocycles. The number of carbonyl (C=O) groups is 1. The summed E-state index contributed by atoms with van der Waals surface area (Å²) in [7, 11) is -2.22. The third kappa shape index (κ3) is 3.49. The largest absolute Gasteiger partial charge is 0.497 e. The minimum absolute atomic E-state index is 0.284. The molecule has 0 atom stereocenters. The zero-order valence-corrected chi connectivity index (χ0v) is 12.1. The van der Waals surface area contributed by atoms with Gasteiger partial charge in [-0.05, 0) is 37.1 Å². The van der Waals surface area contributed by atoms with Gasteiger partial charge in [0.25, 0.3) is 5.91 Å². The molecule has 1 aromatic rings. The maximum atomic E-state index is 12.1. The Morgan fingerprint density at radius 2 is 1.75 bits per heavy atom. The van der Waals surface area contributed by atoms with E-state index in [4.69, 9.17) is 4.74 Å². The van der Waals surface area contributed by atoms with Crippen molar-refractivity contribution < 1.29 is 17.9 Å². The van der Waals surface area contributed by atoms with Gasteiger partial charge >= 0.3 is 10.2 Å². The van der Waals surface area contributed by atoms with E-state index in [0.29, 0.717) is 18.8 Å². The second-order valence-electron chi connectivity index (χ2n) is 4.62. The Bertz CT molecular complexity index is 563. The average molecular weight is 298 g/mol. The number of methoxy groups -OCH3 is 1. The SMILES string of the molecule is COc1ccc(C(=O)NS(=O)(=O)N2CCCCC2)cc1. The van der Waals surface area contributed by atoms with Crippen molar-refractivity contribution >= 4 is 16.1 Å². The third-order valence-electron chi connectivity index (χ3n) is 3.23. The number of carbonyl (C=O) groups excluding carboxylic acids is 1. The minimum Gasteiger partial charge on any atom is -0.497 e. The first kappa shape index (κ1) is 14.8. The average Bonchev–Trinajstić information content (AvgIpc) is 2.48. The summed E-state index contributed by atoms with van der Waals surface area (Å²) in [5, 5.41) is 0. The van der Waals surface area contributed by atoms with Gasteiger partial charge in [-0.25, -0.2) is 4.72 Å². The predicted octanol–water partition coefficient (Wildman–Crippen LogP) is 1.16. The number of benzene rings is 1. The number of piperidine rings is 1. The number of nitrogens with zero attached hydrogens (tertiary/aromatic N) is 1. The van der Waals surface area contributed by atoms with Crippen LogP contribution in [0.25, 0.3) is 0 Å². The highest BCUT2D eigenvalue weighted by atomic mass is 32.2. The van der Waals surface area contributed by atoms with Crippen LogP contribution in [0.1, 0.15) is 29.6 Å². The Morgan fingerprint density at radius 3 is 2.30 bits per heavy atom. The molecular formula is C13H18N2O4S. The lowest BCUT2D eigenvalue weighted by Gasteiger charge is -2.25. The quantitative estimate of drug-likeness (QED) is 0.905. The normalized spacial score (nSPS) is 16.6. The maximum absolute atomic E-state index is 12.1. The number of nitrogens with one attached hydrogen (secondary N) is 1. The van der Waals surface area contributed by atoms with Gasteiger partial charge in [0.15, 0.2) is 0 Å². The number of amides is 1. The van der Waals surface area contributed by atoms with Gasteiger partial charge in [-0.3, -0.25) is 4.79 Å². The Balaban J connectivity index is 2.05. The van der Waals surface area contributed by atoms with E-state index in [9.17, 15) is 13.2 Å². The summed E-state index contributed by atoms with van der Waals surface area (Å²) in [6, 6.07) is 6.28. The van der Waals surface area contributed by atoms with Gasteiger partial charge in [-0.2, -0.15) is 12.7 Å². The van der Waals surface area contributed by atoms with Crippen LogP contribution < -0.4 is 9.46 Å². The topological polar surface area (TPSA) is 75.7 Å². The van der Waals surface area contributed by atoms with Crippen LogP contribution in [-0.2, 0) is 10.2 Å². The monoisotopic (exact) mass is 298 g/mol. The summed E-state index contributed by atoms with van der Waals surface area (Å²) in [5.41, 5.74) is 0.284. The molecule has 0 bridgehead atoms. The zero-order chi connectivity index (χ0) is 14.6. The maximum Gasteiger partial charge on any atom is 0.304 e. The molecule has 0 saturated carbocycles. The molecule has 20 heavy (non-hydrogen) atoms. The van der Waals surface area contributed by atoms with E-state index in [2.05, 4.69) is 4.72 Å². The Labute approximate surface area is 118 Å². The van der Waals surface area contributed by atoms with Gasteiger partial charge in [-0.1, -0.05) is 6.42 Å². The number of rotatable bonds is 4. The summed E-state index contributed by atoms with van der Waals surface area (Å²) >= 11 is 0. The highest BCUT2D eigenvalue weighted by Gasteiger charge is 2.25. The van der Waals surface area contributed by atoms with Crippen LogP contribution in [-0.4, -0.2) is 38.8 Å². The predicted molar refractivity (Wildman–Crippen MR) is 74.8 cm³/mol. The van der Waals surface area contributed by atoms with Crippen molar-refractivity contribution in [2.45, 2.75) is 19.3 Å². The van der Waals surface area contributed by atoms with Crippen molar-refractivity contribution in [2.75, 3.05) is 20.2 Å². The third-order valence-corrected chi connectivity index (χ3v) is 4.72. The van der Waals surface area contributed by atoms with Crippen LogP contribution in [0.15, 0.2) is 24.3 Å². The van der Waals surface area contributed by atoms with Gasteiger partial charge in [0.1, 0.15) is 5.75 Å². The molecule has 1 aliphatic heterocycles. The summed E-state index contributed by atoms with van der Waals surface area (Å²) in [6.45, 7) is 0.927. The van der Waals surface area contributed by atoms with Crippen molar-refractivity contribution in [2.24, 2.45) is 0 Å². The highest BCUT2D eigenvalue weighted by molar-refractivity contribution is 7.87. The Morgan fingerprint density at radius 1 is 1.15 bits per heavy atom. The van der Waals surface area contributed by atoms with E-state index >= 15 is 0 Å². The molecule has 2 rings (SSSR count). The molecule has 0 aromatic heterocycles. The summed E-state index contributed by atoms with van der Waals surface area (Å²) in [6.07, 6.45) is 2.69. The molecule has 1 aromatic carbocycles. The van der Waals surface area contributed by atoms with E-state index in [-0.39, 0.29) is 5.56 Å². The van der Waals surface area contributed by atoms with Gasteiger partial charge in [0, 0.05) is 18.7 Å². The first-order valence-corrected chi connectivity index (χ1v) is 7.93. The van der Waals surface area contributed by atoms with Crippen LogP contribution in [0.2, 0.25) is 0 Å². The van der Waals surface area contributed by atoms with E-state index in [1.807, 2.05) is 0 Å². The highest BCUT2D eigenvalue weighted by Crippen LogP contribution is 2.14. The van der Waals surface area contributed by atoms with Crippen LogP contribution in [0.3, 0.4) is 0 Å². The fourth-order valence-electron chi connectivity index (χ4n) is 2.09. The van der Waals surface area contributed by atoms with Crippen molar-refractivity contribution in [3.05, 3.63) is 29.8 Å².